The quantitative estimate of drug-likeness (QED) is 0.160. The van der Waals surface area contributed by atoms with Crippen LogP contribution in [0.4, 0.5) is 17.1 Å². The van der Waals surface area contributed by atoms with Gasteiger partial charge >= 0.3 is 0 Å². The van der Waals surface area contributed by atoms with Crippen LogP contribution in [0.3, 0.4) is 0 Å². The molecule has 0 N–H and O–H groups in total. The standard InChI is InChI=1S/C62H40N2O/c1-2-20-48(21-3-1)64-57-27-9-8-25-54(57)56-40-46(33-37-58(56)64)45-18-11-22-50(39-45)63(59-28-13-29-60-61(59)55-36-32-43-15-5-7-24-53(43)62(55)65-60)49-34-30-41(31-35-49)44-17-10-19-47(38-44)52-26-12-16-42-14-4-6-23-51(42)52/h1-40H/i11D,18D,22D,39D. The molecule has 0 amide bonds. The van der Waals surface area contributed by atoms with Gasteiger partial charge in [0, 0.05) is 38.6 Å². The van der Waals surface area contributed by atoms with Gasteiger partial charge in [0.1, 0.15) is 11.2 Å². The van der Waals surface area contributed by atoms with Gasteiger partial charge in [-0.2, -0.15) is 0 Å². The van der Waals surface area contributed by atoms with Crippen LogP contribution in [0.5, 0.6) is 0 Å². The van der Waals surface area contributed by atoms with Gasteiger partial charge in [-0.25, -0.2) is 0 Å². The lowest BCUT2D eigenvalue weighted by atomic mass is 9.95. The molecule has 0 unspecified atom stereocenters. The van der Waals surface area contributed by atoms with Crippen molar-refractivity contribution in [2.75, 3.05) is 4.90 Å². The van der Waals surface area contributed by atoms with E-state index in [0.29, 0.717) is 22.5 Å². The lowest BCUT2D eigenvalue weighted by Crippen LogP contribution is -2.10. The Balaban J connectivity index is 1.02. The number of furan rings is 1. The number of benzene rings is 11. The molecule has 0 aliphatic rings. The van der Waals surface area contributed by atoms with E-state index < -0.39 is 0 Å². The predicted molar refractivity (Wildman–Crippen MR) is 274 cm³/mol. The number of aromatic nitrogens is 1. The zero-order valence-corrected chi connectivity index (χ0v) is 35.1. The molecule has 2 heterocycles. The molecular weight excluding hydrogens is 789 g/mol. The summed E-state index contributed by atoms with van der Waals surface area (Å²) in [7, 11) is 0. The minimum Gasteiger partial charge on any atom is -0.455 e. The highest BCUT2D eigenvalue weighted by Gasteiger charge is 2.22. The molecule has 13 rings (SSSR count). The van der Waals surface area contributed by atoms with Crippen LogP contribution in [-0.2, 0) is 0 Å². The first-order valence-electron chi connectivity index (χ1n) is 23.9. The van der Waals surface area contributed by atoms with Gasteiger partial charge in [0.25, 0.3) is 0 Å². The molecule has 0 aliphatic heterocycles. The first-order valence-corrected chi connectivity index (χ1v) is 21.9. The molecule has 65 heavy (non-hydrogen) atoms. The molecule has 304 valence electrons. The van der Waals surface area contributed by atoms with Gasteiger partial charge in [-0.05, 0) is 128 Å². The fourth-order valence-corrected chi connectivity index (χ4v) is 9.83. The van der Waals surface area contributed by atoms with E-state index in [9.17, 15) is 5.48 Å². The molecule has 0 fully saturated rings. The Morgan fingerprint density at radius 1 is 0.415 bits per heavy atom. The summed E-state index contributed by atoms with van der Waals surface area (Å²) in [6.07, 6.45) is 0. The van der Waals surface area contributed by atoms with Crippen LogP contribution >= 0.6 is 0 Å². The van der Waals surface area contributed by atoms with Crippen LogP contribution in [0.2, 0.25) is 0 Å². The lowest BCUT2D eigenvalue weighted by Gasteiger charge is -2.27. The first kappa shape index (κ1) is 33.0. The number of anilines is 3. The van der Waals surface area contributed by atoms with E-state index in [1.165, 1.54) is 10.8 Å². The number of rotatable bonds is 7. The SMILES string of the molecule is [2H]c1c([2H])c(-c2ccc3c(c2)c2ccccc2n3-c2ccccc2)c([2H])c(N(c2ccc(-c3cccc(-c4cccc5ccccc45)c3)cc2)c2cccc3oc4c5ccccc5ccc4c23)c1[2H]. The Morgan fingerprint density at radius 3 is 1.97 bits per heavy atom. The number of hydrogen-bond acceptors (Lipinski definition) is 2. The minimum atomic E-state index is -0.259. The van der Waals surface area contributed by atoms with Crippen molar-refractivity contribution in [3.63, 3.8) is 0 Å². The van der Waals surface area contributed by atoms with Crippen molar-refractivity contribution in [3.8, 4) is 39.1 Å². The van der Waals surface area contributed by atoms with Gasteiger partial charge in [-0.3, -0.25) is 0 Å². The summed E-state index contributed by atoms with van der Waals surface area (Å²) < 4.78 is 47.7. The van der Waals surface area contributed by atoms with E-state index in [0.717, 1.165) is 76.9 Å². The van der Waals surface area contributed by atoms with E-state index in [4.69, 9.17) is 4.42 Å². The molecule has 0 saturated carbocycles. The topological polar surface area (TPSA) is 21.3 Å². The van der Waals surface area contributed by atoms with Gasteiger partial charge in [0.15, 0.2) is 0 Å². The molecular formula is C62H40N2O. The Hall–Kier alpha value is -8.66. The number of para-hydroxylation sites is 2. The number of hydrogen-bond donors (Lipinski definition) is 0. The van der Waals surface area contributed by atoms with Crippen LogP contribution in [0.1, 0.15) is 5.48 Å². The predicted octanol–water partition coefficient (Wildman–Crippen LogP) is 17.5. The Kier molecular flexibility index (Phi) is 7.61. The lowest BCUT2D eigenvalue weighted by molar-refractivity contribution is 0.672. The van der Waals surface area contributed by atoms with Gasteiger partial charge in [0.05, 0.1) is 27.6 Å². The molecule has 2 aromatic heterocycles. The highest BCUT2D eigenvalue weighted by Crippen LogP contribution is 2.46. The maximum absolute atomic E-state index is 10.2. The normalized spacial score (nSPS) is 12.6. The van der Waals surface area contributed by atoms with E-state index in [-0.39, 0.29) is 35.4 Å². The van der Waals surface area contributed by atoms with E-state index in [1.54, 1.807) is 0 Å². The van der Waals surface area contributed by atoms with Crippen molar-refractivity contribution < 1.29 is 9.90 Å². The summed E-state index contributed by atoms with van der Waals surface area (Å²) in [4.78, 5) is 1.92. The molecule has 3 nitrogen and oxygen atoms in total. The minimum absolute atomic E-state index is 0.0192. The molecule has 3 heteroatoms. The second-order valence-electron chi connectivity index (χ2n) is 16.5. The van der Waals surface area contributed by atoms with Gasteiger partial charge in [-0.15, -0.1) is 0 Å². The van der Waals surface area contributed by atoms with Gasteiger partial charge in [-0.1, -0.05) is 164 Å². The molecule has 0 spiro atoms. The third-order valence-corrected chi connectivity index (χ3v) is 12.8. The van der Waals surface area contributed by atoms with E-state index >= 15 is 0 Å². The monoisotopic (exact) mass is 832 g/mol. The number of nitrogens with zero attached hydrogens (tertiary/aromatic N) is 2. The molecule has 0 saturated heterocycles. The Labute approximate surface area is 381 Å². The second kappa shape index (κ2) is 15.0. The molecule has 11 aromatic carbocycles. The smallest absolute Gasteiger partial charge is 0.143 e. The summed E-state index contributed by atoms with van der Waals surface area (Å²) >= 11 is 0. The zero-order chi connectivity index (χ0) is 46.3. The Bertz CT molecular complexity index is 4190. The highest BCUT2D eigenvalue weighted by molar-refractivity contribution is 6.19. The van der Waals surface area contributed by atoms with Crippen LogP contribution < -0.4 is 4.90 Å². The molecule has 0 aliphatic carbocycles. The van der Waals surface area contributed by atoms with Crippen molar-refractivity contribution in [2.24, 2.45) is 0 Å². The third kappa shape index (κ3) is 6.12. The van der Waals surface area contributed by atoms with Crippen molar-refractivity contribution in [2.45, 2.75) is 0 Å². The maximum atomic E-state index is 10.2. The molecule has 0 atom stereocenters. The summed E-state index contributed by atoms with van der Waals surface area (Å²) in [5.41, 5.74) is 11.3. The zero-order valence-electron chi connectivity index (χ0n) is 39.1. The highest BCUT2D eigenvalue weighted by atomic mass is 16.3. The molecule has 13 aromatic rings. The largest absolute Gasteiger partial charge is 0.455 e. The fourth-order valence-electron chi connectivity index (χ4n) is 9.83. The average molecular weight is 833 g/mol. The Morgan fingerprint density at radius 2 is 1.09 bits per heavy atom. The maximum Gasteiger partial charge on any atom is 0.143 e. The summed E-state index contributed by atoms with van der Waals surface area (Å²) in [6.45, 7) is 0. The fraction of sp³-hybridized carbons (Fsp3) is 0. The summed E-state index contributed by atoms with van der Waals surface area (Å²) in [5.74, 6) is 0. The van der Waals surface area contributed by atoms with Crippen LogP contribution in [-0.4, -0.2) is 4.57 Å². The first-order chi connectivity index (χ1) is 33.9. The van der Waals surface area contributed by atoms with Gasteiger partial charge in [0.2, 0.25) is 0 Å². The van der Waals surface area contributed by atoms with E-state index in [1.807, 2.05) is 95.9 Å². The second-order valence-corrected chi connectivity index (χ2v) is 16.5. The van der Waals surface area contributed by atoms with Crippen LogP contribution in [0.15, 0.2) is 247 Å². The molecule has 0 radical (unpaired) electrons. The van der Waals surface area contributed by atoms with E-state index in [2.05, 4.69) is 132 Å². The van der Waals surface area contributed by atoms with Gasteiger partial charge < -0.3 is 13.9 Å². The number of fused-ring (bicyclic) bond motifs is 9. The average Bonchev–Trinajstić information content (AvgIpc) is 3.96. The van der Waals surface area contributed by atoms with Crippen molar-refractivity contribution in [3.05, 3.63) is 243 Å². The summed E-state index contributed by atoms with van der Waals surface area (Å²) in [6, 6.07) is 73.8. The van der Waals surface area contributed by atoms with Crippen LogP contribution in [0.25, 0.3) is 104 Å². The summed E-state index contributed by atoms with van der Waals surface area (Å²) in [5, 5.41) is 8.15. The van der Waals surface area contributed by atoms with Crippen LogP contribution in [0, 0.1) is 0 Å². The van der Waals surface area contributed by atoms with Crippen molar-refractivity contribution >= 4 is 82.4 Å². The molecule has 0 bridgehead atoms. The third-order valence-electron chi connectivity index (χ3n) is 12.8. The van der Waals surface area contributed by atoms with Crippen molar-refractivity contribution in [1.82, 2.24) is 4.57 Å². The van der Waals surface area contributed by atoms with Crippen molar-refractivity contribution in [1.29, 1.82) is 0 Å².